The van der Waals surface area contributed by atoms with Crippen molar-refractivity contribution in [2.45, 2.75) is 32.1 Å². The highest BCUT2D eigenvalue weighted by atomic mass is 16.5. The molecular formula is C23H26N4O2. The van der Waals surface area contributed by atoms with Gasteiger partial charge in [-0.1, -0.05) is 31.2 Å². The molecule has 3 heterocycles. The number of hydrogen-bond acceptors (Lipinski definition) is 4. The predicted molar refractivity (Wildman–Crippen MR) is 111 cm³/mol. The normalized spacial score (nSPS) is 16.6. The number of imidazole rings is 1. The average molecular weight is 390 g/mol. The van der Waals surface area contributed by atoms with Gasteiger partial charge in [0, 0.05) is 43.5 Å². The first-order valence-electron chi connectivity index (χ1n) is 10.2. The van der Waals surface area contributed by atoms with Crippen LogP contribution in [0.4, 0.5) is 0 Å². The number of pyridine rings is 1. The molecule has 1 aliphatic rings. The number of hydrogen-bond donors (Lipinski definition) is 0. The number of likely N-dealkylation sites (tertiary alicyclic amines) is 1. The van der Waals surface area contributed by atoms with Gasteiger partial charge in [-0.15, -0.1) is 0 Å². The molecule has 0 aliphatic carbocycles. The van der Waals surface area contributed by atoms with Crippen molar-refractivity contribution < 1.29 is 9.53 Å². The number of rotatable bonds is 6. The van der Waals surface area contributed by atoms with Crippen LogP contribution in [-0.4, -0.2) is 45.0 Å². The fourth-order valence-electron chi connectivity index (χ4n) is 3.80. The van der Waals surface area contributed by atoms with Gasteiger partial charge in [-0.3, -0.25) is 9.36 Å². The SMILES string of the molecule is CCc1nccn1-c1cccc(C2CCCN(C(=O)COc3ccccc3)C2)n1. The molecule has 1 saturated heterocycles. The van der Waals surface area contributed by atoms with Gasteiger partial charge in [0.1, 0.15) is 17.4 Å². The van der Waals surface area contributed by atoms with Gasteiger partial charge in [-0.25, -0.2) is 9.97 Å². The Kier molecular flexibility index (Phi) is 5.89. The van der Waals surface area contributed by atoms with Gasteiger partial charge >= 0.3 is 0 Å². The second kappa shape index (κ2) is 8.90. The van der Waals surface area contributed by atoms with Crippen molar-refractivity contribution >= 4 is 5.91 Å². The summed E-state index contributed by atoms with van der Waals surface area (Å²) in [5, 5.41) is 0. The standard InChI is InChI=1S/C23H26N4O2/c1-2-21-24-13-15-27(21)22-12-6-11-20(25-22)18-8-7-14-26(16-18)23(28)17-29-19-9-4-3-5-10-19/h3-6,9-13,15,18H,2,7-8,14,16-17H2,1H3. The van der Waals surface area contributed by atoms with E-state index in [1.807, 2.05) is 58.1 Å². The van der Waals surface area contributed by atoms with Crippen LogP contribution in [-0.2, 0) is 11.2 Å². The van der Waals surface area contributed by atoms with E-state index in [0.29, 0.717) is 6.54 Å². The number of aryl methyl sites for hydroxylation is 1. The van der Waals surface area contributed by atoms with Crippen molar-refractivity contribution in [3.63, 3.8) is 0 Å². The maximum absolute atomic E-state index is 12.7. The molecular weight excluding hydrogens is 364 g/mol. The third-order valence-electron chi connectivity index (χ3n) is 5.33. The summed E-state index contributed by atoms with van der Waals surface area (Å²) in [5.41, 5.74) is 1.03. The molecule has 0 N–H and O–H groups in total. The Hall–Kier alpha value is -3.15. The van der Waals surface area contributed by atoms with Gasteiger partial charge in [-0.05, 0) is 37.1 Å². The maximum Gasteiger partial charge on any atom is 0.260 e. The highest BCUT2D eigenvalue weighted by Crippen LogP contribution is 2.26. The lowest BCUT2D eigenvalue weighted by atomic mass is 9.94. The number of aromatic nitrogens is 3. The Morgan fingerprint density at radius 1 is 1.17 bits per heavy atom. The van der Waals surface area contributed by atoms with E-state index >= 15 is 0 Å². The van der Waals surface area contributed by atoms with Crippen LogP contribution in [0.3, 0.4) is 0 Å². The number of carbonyl (C=O) groups is 1. The number of para-hydroxylation sites is 1. The molecule has 1 unspecified atom stereocenters. The summed E-state index contributed by atoms with van der Waals surface area (Å²) in [7, 11) is 0. The number of piperidine rings is 1. The molecule has 3 aromatic rings. The number of benzene rings is 1. The summed E-state index contributed by atoms with van der Waals surface area (Å²) in [4.78, 5) is 23.8. The zero-order chi connectivity index (χ0) is 20.1. The minimum absolute atomic E-state index is 0.0255. The third-order valence-corrected chi connectivity index (χ3v) is 5.33. The fraction of sp³-hybridized carbons (Fsp3) is 0.348. The van der Waals surface area contributed by atoms with Crippen molar-refractivity contribution in [1.29, 1.82) is 0 Å². The van der Waals surface area contributed by atoms with Gasteiger partial charge in [0.15, 0.2) is 6.61 Å². The molecule has 0 spiro atoms. The van der Waals surface area contributed by atoms with Gasteiger partial charge in [0.05, 0.1) is 0 Å². The van der Waals surface area contributed by atoms with E-state index in [1.54, 1.807) is 6.20 Å². The van der Waals surface area contributed by atoms with Crippen LogP contribution < -0.4 is 4.74 Å². The van der Waals surface area contributed by atoms with Crippen molar-refractivity contribution in [3.8, 4) is 11.6 Å². The molecule has 1 fully saturated rings. The summed E-state index contributed by atoms with van der Waals surface area (Å²) in [5.74, 6) is 2.85. The quantitative estimate of drug-likeness (QED) is 0.645. The zero-order valence-corrected chi connectivity index (χ0v) is 16.7. The summed E-state index contributed by atoms with van der Waals surface area (Å²) in [6.45, 7) is 3.61. The van der Waals surface area contributed by atoms with Gasteiger partial charge in [0.2, 0.25) is 0 Å². The molecule has 0 radical (unpaired) electrons. The van der Waals surface area contributed by atoms with Crippen LogP contribution in [0.15, 0.2) is 60.9 Å². The summed E-state index contributed by atoms with van der Waals surface area (Å²) in [6, 6.07) is 15.6. The van der Waals surface area contributed by atoms with Crippen LogP contribution in [0.1, 0.15) is 37.2 Å². The van der Waals surface area contributed by atoms with Crippen molar-refractivity contribution in [2.24, 2.45) is 0 Å². The van der Waals surface area contributed by atoms with E-state index in [0.717, 1.165) is 48.9 Å². The third kappa shape index (κ3) is 4.47. The van der Waals surface area contributed by atoms with E-state index in [9.17, 15) is 4.79 Å². The number of ether oxygens (including phenoxy) is 1. The largest absolute Gasteiger partial charge is 0.484 e. The van der Waals surface area contributed by atoms with E-state index in [1.165, 1.54) is 0 Å². The van der Waals surface area contributed by atoms with Gasteiger partial charge in [-0.2, -0.15) is 0 Å². The predicted octanol–water partition coefficient (Wildman–Crippen LogP) is 3.61. The lowest BCUT2D eigenvalue weighted by Gasteiger charge is -2.32. The molecule has 1 aliphatic heterocycles. The molecule has 6 heteroatoms. The summed E-state index contributed by atoms with van der Waals surface area (Å²) in [6.07, 6.45) is 6.61. The first-order valence-corrected chi connectivity index (χ1v) is 10.2. The van der Waals surface area contributed by atoms with Crippen LogP contribution in [0.5, 0.6) is 5.75 Å². The first-order chi connectivity index (χ1) is 14.2. The lowest BCUT2D eigenvalue weighted by Crippen LogP contribution is -2.41. The summed E-state index contributed by atoms with van der Waals surface area (Å²) < 4.78 is 7.67. The molecule has 0 saturated carbocycles. The van der Waals surface area contributed by atoms with E-state index in [-0.39, 0.29) is 18.4 Å². The molecule has 1 aromatic carbocycles. The van der Waals surface area contributed by atoms with Gasteiger partial charge in [0.25, 0.3) is 5.91 Å². The van der Waals surface area contributed by atoms with Crippen LogP contribution >= 0.6 is 0 Å². The molecule has 29 heavy (non-hydrogen) atoms. The topological polar surface area (TPSA) is 60.2 Å². The monoisotopic (exact) mass is 390 g/mol. The molecule has 1 atom stereocenters. The molecule has 4 rings (SSSR count). The highest BCUT2D eigenvalue weighted by Gasteiger charge is 2.26. The van der Waals surface area contributed by atoms with E-state index < -0.39 is 0 Å². The zero-order valence-electron chi connectivity index (χ0n) is 16.7. The van der Waals surface area contributed by atoms with Crippen molar-refractivity contribution in [3.05, 3.63) is 72.4 Å². The minimum Gasteiger partial charge on any atom is -0.484 e. The Morgan fingerprint density at radius 2 is 2.03 bits per heavy atom. The Labute approximate surface area is 171 Å². The second-order valence-corrected chi connectivity index (χ2v) is 7.27. The molecule has 150 valence electrons. The molecule has 2 aromatic heterocycles. The van der Waals surface area contributed by atoms with E-state index in [4.69, 9.17) is 9.72 Å². The molecule has 1 amide bonds. The van der Waals surface area contributed by atoms with E-state index in [2.05, 4.69) is 18.0 Å². The Balaban J connectivity index is 1.43. The first kappa shape index (κ1) is 19.2. The second-order valence-electron chi connectivity index (χ2n) is 7.27. The lowest BCUT2D eigenvalue weighted by molar-refractivity contribution is -0.134. The fourth-order valence-corrected chi connectivity index (χ4v) is 3.80. The minimum atomic E-state index is 0.0255. The van der Waals surface area contributed by atoms with Crippen LogP contribution in [0.25, 0.3) is 5.82 Å². The average Bonchev–Trinajstić information content (AvgIpc) is 3.27. The number of amides is 1. The smallest absolute Gasteiger partial charge is 0.260 e. The van der Waals surface area contributed by atoms with Gasteiger partial charge < -0.3 is 9.64 Å². The number of nitrogens with zero attached hydrogens (tertiary/aromatic N) is 4. The van der Waals surface area contributed by atoms with Crippen LogP contribution in [0.2, 0.25) is 0 Å². The van der Waals surface area contributed by atoms with Crippen LogP contribution in [0, 0.1) is 0 Å². The maximum atomic E-state index is 12.7. The Morgan fingerprint density at radius 3 is 2.86 bits per heavy atom. The number of carbonyl (C=O) groups excluding carboxylic acids is 1. The van der Waals surface area contributed by atoms with Crippen molar-refractivity contribution in [2.75, 3.05) is 19.7 Å². The highest BCUT2D eigenvalue weighted by molar-refractivity contribution is 5.78. The van der Waals surface area contributed by atoms with Crippen molar-refractivity contribution in [1.82, 2.24) is 19.4 Å². The summed E-state index contributed by atoms with van der Waals surface area (Å²) >= 11 is 0. The molecule has 6 nitrogen and oxygen atoms in total. The molecule has 0 bridgehead atoms. The Bertz CT molecular complexity index is 954.